The lowest BCUT2D eigenvalue weighted by molar-refractivity contribution is -0.149. The summed E-state index contributed by atoms with van der Waals surface area (Å²) in [5.41, 5.74) is 20.8. The van der Waals surface area contributed by atoms with Crippen LogP contribution in [-0.4, -0.2) is 53.7 Å². The highest BCUT2D eigenvalue weighted by molar-refractivity contribution is 7.98. The van der Waals surface area contributed by atoms with Crippen molar-refractivity contribution in [1.82, 2.24) is 15.3 Å². The van der Waals surface area contributed by atoms with Gasteiger partial charge in [-0.3, -0.25) is 4.79 Å². The van der Waals surface area contributed by atoms with E-state index in [-0.39, 0.29) is 36.1 Å². The molecule has 0 aliphatic heterocycles. The minimum Gasteiger partial charge on any atom is -0.490 e. The van der Waals surface area contributed by atoms with E-state index in [1.54, 1.807) is 24.3 Å². The van der Waals surface area contributed by atoms with Crippen molar-refractivity contribution >= 4 is 52.4 Å². The normalized spacial score (nSPS) is 12.1. The number of nitrogens with one attached hydrogen (secondary N) is 1. The molecule has 2 heterocycles. The highest BCUT2D eigenvalue weighted by atomic mass is 35.5. The number of rotatable bonds is 18. The second-order valence-corrected chi connectivity index (χ2v) is 14.5. The third-order valence-electron chi connectivity index (χ3n) is 7.77. The van der Waals surface area contributed by atoms with Crippen molar-refractivity contribution < 1.29 is 19.1 Å². The van der Waals surface area contributed by atoms with Crippen LogP contribution in [0.25, 0.3) is 21.7 Å². The van der Waals surface area contributed by atoms with Gasteiger partial charge in [-0.15, -0.1) is 11.3 Å². The molecule has 4 aromatic rings. The number of carbonyl (C=O) groups excluding carboxylic acids is 2. The molecule has 0 saturated heterocycles. The van der Waals surface area contributed by atoms with E-state index in [1.807, 2.05) is 43.5 Å². The topological polar surface area (TPSA) is 216 Å². The zero-order valence-corrected chi connectivity index (χ0v) is 31.3. The van der Waals surface area contributed by atoms with Crippen LogP contribution in [0.1, 0.15) is 56.4 Å². The van der Waals surface area contributed by atoms with Crippen LogP contribution < -0.4 is 27.3 Å². The molecule has 0 bridgehead atoms. The van der Waals surface area contributed by atoms with Crippen LogP contribution in [-0.2, 0) is 20.1 Å². The molecule has 1 amide bonds. The first-order valence-electron chi connectivity index (χ1n) is 16.7. The average Bonchev–Trinajstić information content (AvgIpc) is 3.61. The Morgan fingerprint density at radius 3 is 2.35 bits per heavy atom. The molecule has 0 aliphatic rings. The van der Waals surface area contributed by atoms with E-state index in [4.69, 9.17) is 43.3 Å². The van der Waals surface area contributed by atoms with Crippen molar-refractivity contribution in [1.29, 1.82) is 10.5 Å². The Hall–Kier alpha value is -4.70. The molecule has 4 rings (SSSR count). The Morgan fingerprint density at radius 1 is 1.00 bits per heavy atom. The van der Waals surface area contributed by atoms with Crippen LogP contribution in [0.3, 0.4) is 0 Å². The van der Waals surface area contributed by atoms with Gasteiger partial charge in [-0.25, -0.2) is 14.8 Å². The van der Waals surface area contributed by atoms with Crippen molar-refractivity contribution in [3.05, 3.63) is 75.8 Å². The number of hydrogen-bond acceptors (Lipinski definition) is 13. The smallest absolute Gasteiger partial charge is 0.328 e. The maximum atomic E-state index is 12.9. The lowest BCUT2D eigenvalue weighted by atomic mass is 9.97. The molecule has 0 saturated carbocycles. The number of halogens is 1. The lowest BCUT2D eigenvalue weighted by Gasteiger charge is -2.21. The van der Waals surface area contributed by atoms with E-state index in [1.165, 1.54) is 23.1 Å². The molecule has 12 nitrogen and oxygen atoms in total. The summed E-state index contributed by atoms with van der Waals surface area (Å²) in [6.45, 7) is 4.42. The van der Waals surface area contributed by atoms with E-state index < -0.39 is 24.0 Å². The van der Waals surface area contributed by atoms with Gasteiger partial charge in [0.15, 0.2) is 0 Å². The zero-order valence-electron chi connectivity index (χ0n) is 28.9. The van der Waals surface area contributed by atoms with E-state index in [9.17, 15) is 20.1 Å². The number of nitrogens with two attached hydrogens (primary N) is 3. The standard InChI is InChI=1S/C37H41ClN8O4S2/c1-22(2)17-31(45-34(47)30(42)5-3-4-14-39)37(48)50-16-15-49-27-12-8-23(9-13-27)32-28(18-40)33(43)46-36(29(32)19-41)52-21-26-20-51-35(44-26)24-6-10-25(38)11-7-24/h6-13,20,22,30-31H,3-5,14-17,21,39,42H2,1-2H3,(H2,43,46)(H,45,47)/t30-,31-/m0/s1. The summed E-state index contributed by atoms with van der Waals surface area (Å²) in [5.74, 6) is 0.0811. The number of thiazole rings is 1. The van der Waals surface area contributed by atoms with E-state index in [2.05, 4.69) is 22.4 Å². The van der Waals surface area contributed by atoms with E-state index in [0.29, 0.717) is 52.1 Å². The van der Waals surface area contributed by atoms with Gasteiger partial charge in [0.1, 0.15) is 58.6 Å². The Kier molecular flexibility index (Phi) is 15.2. The SMILES string of the molecule is CC(C)C[C@H](NC(=O)[C@@H](N)CCCCN)C(=O)OCCOc1ccc(-c2c(C#N)c(N)nc(SCc3csc(-c4ccc(Cl)cc4)n3)c2C#N)cc1. The number of esters is 1. The van der Waals surface area contributed by atoms with Gasteiger partial charge in [0.05, 0.1) is 17.3 Å². The van der Waals surface area contributed by atoms with Crippen LogP contribution in [0, 0.1) is 28.6 Å². The first-order valence-corrected chi connectivity index (χ1v) is 18.9. The number of pyridine rings is 1. The van der Waals surface area contributed by atoms with Gasteiger partial charge in [-0.1, -0.05) is 67.9 Å². The monoisotopic (exact) mass is 760 g/mol. The predicted molar refractivity (Wildman–Crippen MR) is 204 cm³/mol. The molecule has 2 atom stereocenters. The number of nitrogens with zero attached hydrogens (tertiary/aromatic N) is 4. The van der Waals surface area contributed by atoms with Crippen molar-refractivity contribution in [3.63, 3.8) is 0 Å². The number of carbonyl (C=O) groups is 2. The third kappa shape index (κ3) is 11.1. The quantitative estimate of drug-likeness (QED) is 0.0518. The molecule has 2 aromatic heterocycles. The van der Waals surface area contributed by atoms with Gasteiger partial charge >= 0.3 is 5.97 Å². The van der Waals surface area contributed by atoms with Gasteiger partial charge in [0, 0.05) is 27.3 Å². The van der Waals surface area contributed by atoms with Crippen LogP contribution in [0.5, 0.6) is 5.75 Å². The summed E-state index contributed by atoms with van der Waals surface area (Å²) in [7, 11) is 0. The van der Waals surface area contributed by atoms with Gasteiger partial charge in [-0.2, -0.15) is 10.5 Å². The maximum Gasteiger partial charge on any atom is 0.328 e. The van der Waals surface area contributed by atoms with E-state index in [0.717, 1.165) is 29.1 Å². The van der Waals surface area contributed by atoms with Crippen LogP contribution in [0.15, 0.2) is 58.9 Å². The number of nitrogen functional groups attached to an aromatic ring is 1. The van der Waals surface area contributed by atoms with Crippen molar-refractivity contribution in [2.75, 3.05) is 25.5 Å². The number of amides is 1. The Bertz CT molecular complexity index is 1910. The number of nitriles is 2. The largest absolute Gasteiger partial charge is 0.490 e. The first-order chi connectivity index (χ1) is 25.0. The van der Waals surface area contributed by atoms with Crippen molar-refractivity contribution in [2.24, 2.45) is 17.4 Å². The van der Waals surface area contributed by atoms with Crippen molar-refractivity contribution in [2.45, 2.75) is 62.4 Å². The summed E-state index contributed by atoms with van der Waals surface area (Å²) in [4.78, 5) is 34.6. The molecule has 0 spiro atoms. The molecule has 15 heteroatoms. The second kappa shape index (κ2) is 19.8. The fourth-order valence-electron chi connectivity index (χ4n) is 5.16. The first kappa shape index (κ1) is 40.1. The molecule has 0 aliphatic carbocycles. The summed E-state index contributed by atoms with van der Waals surface area (Å²) < 4.78 is 11.2. The lowest BCUT2D eigenvalue weighted by Crippen LogP contribution is -2.49. The maximum absolute atomic E-state index is 12.9. The molecular weight excluding hydrogens is 720 g/mol. The molecule has 7 N–H and O–H groups in total. The molecule has 52 heavy (non-hydrogen) atoms. The van der Waals surface area contributed by atoms with Crippen LogP contribution >= 0.6 is 34.7 Å². The number of aromatic nitrogens is 2. The molecule has 272 valence electrons. The fraction of sp³-hybridized carbons (Fsp3) is 0.351. The molecule has 0 radical (unpaired) electrons. The number of ether oxygens (including phenoxy) is 2. The number of benzene rings is 2. The highest BCUT2D eigenvalue weighted by Crippen LogP contribution is 2.37. The third-order valence-corrected chi connectivity index (χ3v) is 9.97. The summed E-state index contributed by atoms with van der Waals surface area (Å²) in [6.07, 6.45) is 2.36. The number of hydrogen-bond donors (Lipinski definition) is 4. The number of unbranched alkanes of at least 4 members (excludes halogenated alkanes) is 1. The number of thioether (sulfide) groups is 1. The summed E-state index contributed by atoms with van der Waals surface area (Å²) in [6, 6.07) is 17.0. The fourth-order valence-corrected chi connectivity index (χ4v) is 7.10. The second-order valence-electron chi connectivity index (χ2n) is 12.2. The Balaban J connectivity index is 1.38. The predicted octanol–water partition coefficient (Wildman–Crippen LogP) is 6.05. The van der Waals surface area contributed by atoms with Crippen molar-refractivity contribution in [3.8, 4) is 39.6 Å². The number of anilines is 1. The molecule has 2 aromatic carbocycles. The van der Waals surface area contributed by atoms with E-state index >= 15 is 0 Å². The molecular formula is C37H41ClN8O4S2. The minimum atomic E-state index is -0.833. The minimum absolute atomic E-state index is 0.0156. The Morgan fingerprint density at radius 2 is 1.69 bits per heavy atom. The molecule has 0 fully saturated rings. The summed E-state index contributed by atoms with van der Waals surface area (Å²) >= 11 is 8.83. The highest BCUT2D eigenvalue weighted by Gasteiger charge is 2.26. The van der Waals surface area contributed by atoms with Gasteiger partial charge < -0.3 is 32.0 Å². The van der Waals surface area contributed by atoms with Gasteiger partial charge in [0.25, 0.3) is 0 Å². The zero-order chi connectivity index (χ0) is 37.6. The average molecular weight is 761 g/mol. The van der Waals surface area contributed by atoms with Gasteiger partial charge in [-0.05, 0) is 61.6 Å². The summed E-state index contributed by atoms with van der Waals surface area (Å²) in [5, 5.41) is 26.7. The van der Waals surface area contributed by atoms with Crippen LogP contribution in [0.4, 0.5) is 5.82 Å². The molecule has 0 unspecified atom stereocenters. The Labute approximate surface area is 316 Å². The van der Waals surface area contributed by atoms with Gasteiger partial charge in [0.2, 0.25) is 5.91 Å². The van der Waals surface area contributed by atoms with Crippen LogP contribution in [0.2, 0.25) is 5.02 Å².